The summed E-state index contributed by atoms with van der Waals surface area (Å²) in [5.74, 6) is 0.542. The van der Waals surface area contributed by atoms with Gasteiger partial charge in [-0.2, -0.15) is 0 Å². The predicted molar refractivity (Wildman–Crippen MR) is 111 cm³/mol. The van der Waals surface area contributed by atoms with E-state index in [1.807, 2.05) is 36.9 Å². The number of likely N-dealkylation sites (tertiary alicyclic amines) is 1. The van der Waals surface area contributed by atoms with Crippen LogP contribution < -0.4 is 5.43 Å². The van der Waals surface area contributed by atoms with Crippen LogP contribution in [0.5, 0.6) is 0 Å². The maximum Gasteiger partial charge on any atom is 0.289 e. The number of rotatable bonds is 3. The quantitative estimate of drug-likeness (QED) is 0.677. The average molecular weight is 375 g/mol. The lowest BCUT2D eigenvalue weighted by Crippen LogP contribution is -2.39. The summed E-state index contributed by atoms with van der Waals surface area (Å²) in [4.78, 5) is 27.3. The third-order valence-corrected chi connectivity index (χ3v) is 5.65. The van der Waals surface area contributed by atoms with Crippen molar-refractivity contribution in [3.8, 4) is 0 Å². The van der Waals surface area contributed by atoms with Crippen LogP contribution >= 0.6 is 0 Å². The predicted octanol–water partition coefficient (Wildman–Crippen LogP) is 4.50. The molecule has 1 saturated heterocycles. The highest BCUT2D eigenvalue weighted by molar-refractivity contribution is 5.93. The Labute approximate surface area is 164 Å². The van der Waals surface area contributed by atoms with Crippen LogP contribution in [0.15, 0.2) is 57.7 Å². The van der Waals surface area contributed by atoms with Crippen molar-refractivity contribution in [1.29, 1.82) is 0 Å². The maximum absolute atomic E-state index is 12.9. The van der Waals surface area contributed by atoms with Gasteiger partial charge in [-0.15, -0.1) is 0 Å². The van der Waals surface area contributed by atoms with E-state index in [-0.39, 0.29) is 17.1 Å². The number of carbonyl (C=O) groups is 1. The average Bonchev–Trinajstić information content (AvgIpc) is 2.68. The fourth-order valence-corrected chi connectivity index (χ4v) is 4.21. The lowest BCUT2D eigenvalue weighted by atomic mass is 9.90. The van der Waals surface area contributed by atoms with E-state index in [4.69, 9.17) is 4.42 Å². The minimum Gasteiger partial charge on any atom is -0.451 e. The molecule has 0 saturated carbocycles. The van der Waals surface area contributed by atoms with Crippen LogP contribution in [0.3, 0.4) is 0 Å². The summed E-state index contributed by atoms with van der Waals surface area (Å²) in [6, 6.07) is 15.6. The molecule has 0 radical (unpaired) electrons. The van der Waals surface area contributed by atoms with Gasteiger partial charge in [0.25, 0.3) is 5.91 Å². The van der Waals surface area contributed by atoms with Gasteiger partial charge in [-0.05, 0) is 61.8 Å². The van der Waals surface area contributed by atoms with Crippen molar-refractivity contribution in [3.63, 3.8) is 0 Å². The van der Waals surface area contributed by atoms with Crippen LogP contribution in [-0.4, -0.2) is 23.9 Å². The molecular formula is C24H25NO3. The van der Waals surface area contributed by atoms with Gasteiger partial charge in [0.2, 0.25) is 0 Å². The van der Waals surface area contributed by atoms with Crippen LogP contribution in [0, 0.1) is 19.8 Å². The van der Waals surface area contributed by atoms with Crippen molar-refractivity contribution < 1.29 is 9.21 Å². The van der Waals surface area contributed by atoms with E-state index in [1.54, 1.807) is 0 Å². The Morgan fingerprint density at radius 3 is 2.50 bits per heavy atom. The molecule has 0 atom stereocenters. The van der Waals surface area contributed by atoms with Gasteiger partial charge in [0.05, 0.1) is 5.39 Å². The first-order valence-corrected chi connectivity index (χ1v) is 9.89. The molecule has 0 aliphatic carbocycles. The Morgan fingerprint density at radius 1 is 1.07 bits per heavy atom. The number of amides is 1. The normalized spacial score (nSPS) is 15.1. The number of benzene rings is 2. The Bertz CT molecular complexity index is 1060. The Kier molecular flexibility index (Phi) is 5.03. The lowest BCUT2D eigenvalue weighted by molar-refractivity contribution is 0.0659. The van der Waals surface area contributed by atoms with Crippen molar-refractivity contribution in [1.82, 2.24) is 4.90 Å². The van der Waals surface area contributed by atoms with Crippen LogP contribution in [0.1, 0.15) is 40.1 Å². The smallest absolute Gasteiger partial charge is 0.289 e. The van der Waals surface area contributed by atoms with Crippen molar-refractivity contribution in [3.05, 3.63) is 81.2 Å². The molecule has 4 nitrogen and oxygen atoms in total. The van der Waals surface area contributed by atoms with Crippen molar-refractivity contribution in [2.24, 2.45) is 5.92 Å². The van der Waals surface area contributed by atoms with Gasteiger partial charge in [0.1, 0.15) is 5.58 Å². The van der Waals surface area contributed by atoms with Crippen LogP contribution in [-0.2, 0) is 6.42 Å². The highest BCUT2D eigenvalue weighted by Gasteiger charge is 2.26. The summed E-state index contributed by atoms with van der Waals surface area (Å²) in [5.41, 5.74) is 3.58. The molecule has 1 aromatic heterocycles. The van der Waals surface area contributed by atoms with Gasteiger partial charge in [-0.1, -0.05) is 36.4 Å². The molecule has 0 unspecified atom stereocenters. The topological polar surface area (TPSA) is 50.5 Å². The summed E-state index contributed by atoms with van der Waals surface area (Å²) in [6.45, 7) is 5.25. The zero-order valence-corrected chi connectivity index (χ0v) is 16.4. The van der Waals surface area contributed by atoms with E-state index in [0.717, 1.165) is 30.4 Å². The zero-order valence-electron chi connectivity index (χ0n) is 16.4. The molecule has 1 aliphatic heterocycles. The summed E-state index contributed by atoms with van der Waals surface area (Å²) in [5, 5.41) is 0.559. The van der Waals surface area contributed by atoms with Gasteiger partial charge >= 0.3 is 0 Å². The molecule has 2 aromatic carbocycles. The van der Waals surface area contributed by atoms with Crippen molar-refractivity contribution in [2.75, 3.05) is 13.1 Å². The molecule has 4 rings (SSSR count). The molecule has 3 aromatic rings. The number of aryl methyl sites for hydroxylation is 2. The number of fused-ring (bicyclic) bond motifs is 1. The standard InChI is InChI=1S/C24H25NO3/c1-16-12-17(2)23-20(26)15-22(28-21(23)13-16)24(27)25-10-8-19(9-11-25)14-18-6-4-3-5-7-18/h3-7,12-13,15,19H,8-11,14H2,1-2H3. The molecule has 28 heavy (non-hydrogen) atoms. The monoisotopic (exact) mass is 375 g/mol. The SMILES string of the molecule is Cc1cc(C)c2c(=O)cc(C(=O)N3CCC(Cc4ccccc4)CC3)oc2c1. The first-order valence-electron chi connectivity index (χ1n) is 9.89. The van der Waals surface area contributed by atoms with Crippen molar-refractivity contribution >= 4 is 16.9 Å². The van der Waals surface area contributed by atoms with Gasteiger partial charge in [-0.3, -0.25) is 9.59 Å². The van der Waals surface area contributed by atoms with E-state index in [1.165, 1.54) is 11.6 Å². The third kappa shape index (κ3) is 3.72. The fourth-order valence-electron chi connectivity index (χ4n) is 4.21. The molecule has 0 N–H and O–H groups in total. The number of hydrogen-bond acceptors (Lipinski definition) is 3. The Hall–Kier alpha value is -2.88. The molecule has 0 spiro atoms. The fraction of sp³-hybridized carbons (Fsp3) is 0.333. The summed E-state index contributed by atoms with van der Waals surface area (Å²) < 4.78 is 5.85. The molecule has 1 aliphatic rings. The molecular weight excluding hydrogens is 350 g/mol. The summed E-state index contributed by atoms with van der Waals surface area (Å²) >= 11 is 0. The first-order chi connectivity index (χ1) is 13.5. The van der Waals surface area contributed by atoms with E-state index in [9.17, 15) is 9.59 Å². The third-order valence-electron chi connectivity index (χ3n) is 5.65. The van der Waals surface area contributed by atoms with Gasteiger partial charge < -0.3 is 9.32 Å². The highest BCUT2D eigenvalue weighted by Crippen LogP contribution is 2.24. The zero-order chi connectivity index (χ0) is 19.7. The molecule has 4 heteroatoms. The Morgan fingerprint density at radius 2 is 1.79 bits per heavy atom. The first kappa shape index (κ1) is 18.5. The summed E-state index contributed by atoms with van der Waals surface area (Å²) in [7, 11) is 0. The maximum atomic E-state index is 12.9. The number of nitrogens with zero attached hydrogens (tertiary/aromatic N) is 1. The minimum absolute atomic E-state index is 0.143. The second-order valence-corrected chi connectivity index (χ2v) is 7.86. The Balaban J connectivity index is 1.49. The lowest BCUT2D eigenvalue weighted by Gasteiger charge is -2.31. The number of piperidine rings is 1. The second-order valence-electron chi connectivity index (χ2n) is 7.86. The molecule has 144 valence electrons. The largest absolute Gasteiger partial charge is 0.451 e. The number of carbonyl (C=O) groups excluding carboxylic acids is 1. The highest BCUT2D eigenvalue weighted by atomic mass is 16.3. The second kappa shape index (κ2) is 7.63. The van der Waals surface area contributed by atoms with E-state index in [0.29, 0.717) is 30.0 Å². The van der Waals surface area contributed by atoms with E-state index < -0.39 is 0 Å². The van der Waals surface area contributed by atoms with Gasteiger partial charge in [0.15, 0.2) is 11.2 Å². The van der Waals surface area contributed by atoms with Crippen LogP contribution in [0.2, 0.25) is 0 Å². The molecule has 1 amide bonds. The summed E-state index contributed by atoms with van der Waals surface area (Å²) in [6.07, 6.45) is 2.99. The minimum atomic E-state index is -0.184. The number of hydrogen-bond donors (Lipinski definition) is 0. The van der Waals surface area contributed by atoms with E-state index in [2.05, 4.69) is 24.3 Å². The molecule has 1 fully saturated rings. The van der Waals surface area contributed by atoms with Crippen molar-refractivity contribution in [2.45, 2.75) is 33.1 Å². The van der Waals surface area contributed by atoms with Gasteiger partial charge in [-0.25, -0.2) is 0 Å². The molecule has 2 heterocycles. The molecule has 0 bridgehead atoms. The van der Waals surface area contributed by atoms with Gasteiger partial charge in [0, 0.05) is 19.2 Å². The van der Waals surface area contributed by atoms with Crippen LogP contribution in [0.4, 0.5) is 0 Å². The van der Waals surface area contributed by atoms with E-state index >= 15 is 0 Å². The van der Waals surface area contributed by atoms with Crippen LogP contribution in [0.25, 0.3) is 11.0 Å².